The van der Waals surface area contributed by atoms with Gasteiger partial charge in [0.25, 0.3) is 0 Å². The van der Waals surface area contributed by atoms with Crippen LogP contribution in [0.3, 0.4) is 0 Å². The van der Waals surface area contributed by atoms with Gasteiger partial charge in [-0.3, -0.25) is 4.90 Å². The van der Waals surface area contributed by atoms with Gasteiger partial charge in [-0.25, -0.2) is 4.39 Å². The molecule has 1 aliphatic rings. The SMILES string of the molecule is Fc1cccc(-c2nn3c(CN4CCCCCC4)nnc3s2)c1. The Kier molecular flexibility index (Phi) is 4.05. The Hall–Kier alpha value is -1.86. The minimum atomic E-state index is -0.252. The number of halogens is 1. The van der Waals surface area contributed by atoms with Gasteiger partial charge in [-0.05, 0) is 38.1 Å². The summed E-state index contributed by atoms with van der Waals surface area (Å²) in [5.74, 6) is 0.610. The van der Waals surface area contributed by atoms with Crippen LogP contribution in [0.2, 0.25) is 0 Å². The van der Waals surface area contributed by atoms with Crippen molar-refractivity contribution in [3.63, 3.8) is 0 Å². The van der Waals surface area contributed by atoms with Crippen molar-refractivity contribution in [2.45, 2.75) is 32.2 Å². The third-order valence-corrected chi connectivity index (χ3v) is 5.14. The number of benzene rings is 1. The van der Waals surface area contributed by atoms with Gasteiger partial charge in [-0.2, -0.15) is 9.61 Å². The van der Waals surface area contributed by atoms with Crippen LogP contribution in [0.1, 0.15) is 31.5 Å². The normalized spacial score (nSPS) is 16.7. The largest absolute Gasteiger partial charge is 0.296 e. The van der Waals surface area contributed by atoms with Crippen molar-refractivity contribution < 1.29 is 4.39 Å². The molecule has 3 heterocycles. The maximum Gasteiger partial charge on any atom is 0.235 e. The molecule has 3 aromatic rings. The molecule has 1 fully saturated rings. The average Bonchev–Trinajstić information content (AvgIpc) is 3.02. The molecular weight excluding hydrogens is 313 g/mol. The molecular formula is C16H18FN5S. The highest BCUT2D eigenvalue weighted by Gasteiger charge is 2.17. The van der Waals surface area contributed by atoms with Crippen LogP contribution in [0, 0.1) is 5.82 Å². The summed E-state index contributed by atoms with van der Waals surface area (Å²) in [5, 5.41) is 13.9. The van der Waals surface area contributed by atoms with Crippen LogP contribution in [-0.4, -0.2) is 37.8 Å². The molecule has 0 aliphatic carbocycles. The van der Waals surface area contributed by atoms with Gasteiger partial charge in [0.2, 0.25) is 4.96 Å². The first-order valence-corrected chi connectivity index (χ1v) is 8.81. The van der Waals surface area contributed by atoms with Gasteiger partial charge in [0.15, 0.2) is 5.82 Å². The lowest BCUT2D eigenvalue weighted by Crippen LogP contribution is -2.25. The van der Waals surface area contributed by atoms with Gasteiger partial charge in [0, 0.05) is 5.56 Å². The molecule has 0 bridgehead atoms. The van der Waals surface area contributed by atoms with Gasteiger partial charge < -0.3 is 0 Å². The van der Waals surface area contributed by atoms with Crippen LogP contribution in [0.4, 0.5) is 4.39 Å². The van der Waals surface area contributed by atoms with Crippen molar-refractivity contribution in [1.29, 1.82) is 0 Å². The molecule has 7 heteroatoms. The topological polar surface area (TPSA) is 46.3 Å². The van der Waals surface area contributed by atoms with E-state index in [1.165, 1.54) is 49.2 Å². The second kappa shape index (κ2) is 6.33. The number of likely N-dealkylation sites (tertiary alicyclic amines) is 1. The standard InChI is InChI=1S/C16H18FN5S/c17-13-7-5-6-12(10-13)15-20-22-14(18-19-16(22)23-15)11-21-8-3-1-2-4-9-21/h5-7,10H,1-4,8-9,11H2. The number of hydrogen-bond donors (Lipinski definition) is 0. The zero-order valence-electron chi connectivity index (χ0n) is 12.8. The lowest BCUT2D eigenvalue weighted by molar-refractivity contribution is 0.268. The summed E-state index contributed by atoms with van der Waals surface area (Å²) in [6.07, 6.45) is 5.11. The summed E-state index contributed by atoms with van der Waals surface area (Å²) in [6.45, 7) is 2.99. The van der Waals surface area contributed by atoms with Gasteiger partial charge >= 0.3 is 0 Å². The van der Waals surface area contributed by atoms with Crippen molar-refractivity contribution in [3.8, 4) is 10.6 Å². The maximum absolute atomic E-state index is 13.4. The van der Waals surface area contributed by atoms with Gasteiger partial charge in [-0.15, -0.1) is 10.2 Å². The fraction of sp³-hybridized carbons (Fsp3) is 0.438. The Morgan fingerprint density at radius 2 is 1.91 bits per heavy atom. The highest BCUT2D eigenvalue weighted by atomic mass is 32.1. The van der Waals surface area contributed by atoms with E-state index >= 15 is 0 Å². The minimum absolute atomic E-state index is 0.252. The molecule has 0 atom stereocenters. The Morgan fingerprint density at radius 3 is 2.70 bits per heavy atom. The molecule has 0 radical (unpaired) electrons. The molecule has 0 amide bonds. The zero-order chi connectivity index (χ0) is 15.6. The molecule has 4 rings (SSSR count). The summed E-state index contributed by atoms with van der Waals surface area (Å²) in [4.78, 5) is 3.18. The predicted molar refractivity (Wildman–Crippen MR) is 87.8 cm³/mol. The molecule has 1 aliphatic heterocycles. The number of rotatable bonds is 3. The smallest absolute Gasteiger partial charge is 0.235 e. The predicted octanol–water partition coefficient (Wildman–Crippen LogP) is 3.37. The number of nitrogens with zero attached hydrogens (tertiary/aromatic N) is 5. The summed E-state index contributed by atoms with van der Waals surface area (Å²) < 4.78 is 15.2. The van der Waals surface area contributed by atoms with Crippen molar-refractivity contribution in [2.24, 2.45) is 0 Å². The molecule has 0 saturated carbocycles. The lowest BCUT2D eigenvalue weighted by Gasteiger charge is -2.17. The van der Waals surface area contributed by atoms with Crippen molar-refractivity contribution in [2.75, 3.05) is 13.1 Å². The average molecular weight is 331 g/mol. The molecule has 0 spiro atoms. The highest BCUT2D eigenvalue weighted by Crippen LogP contribution is 2.26. The van der Waals surface area contributed by atoms with Crippen LogP contribution in [0.25, 0.3) is 15.5 Å². The summed E-state index contributed by atoms with van der Waals surface area (Å²) in [7, 11) is 0. The van der Waals surface area contributed by atoms with E-state index in [1.807, 2.05) is 6.07 Å². The van der Waals surface area contributed by atoms with Crippen LogP contribution in [0.15, 0.2) is 24.3 Å². The molecule has 1 aromatic carbocycles. The van der Waals surface area contributed by atoms with Crippen molar-refractivity contribution in [3.05, 3.63) is 35.9 Å². The Morgan fingerprint density at radius 1 is 1.09 bits per heavy atom. The van der Waals surface area contributed by atoms with E-state index in [4.69, 9.17) is 0 Å². The summed E-state index contributed by atoms with van der Waals surface area (Å²) in [6, 6.07) is 6.50. The van der Waals surface area contributed by atoms with Gasteiger partial charge in [-0.1, -0.05) is 36.3 Å². The fourth-order valence-corrected chi connectivity index (χ4v) is 3.84. The minimum Gasteiger partial charge on any atom is -0.296 e. The van der Waals surface area contributed by atoms with Crippen LogP contribution >= 0.6 is 11.3 Å². The number of fused-ring (bicyclic) bond motifs is 1. The second-order valence-electron chi connectivity index (χ2n) is 5.92. The Bertz CT molecular complexity index is 804. The molecule has 0 N–H and O–H groups in total. The van der Waals surface area contributed by atoms with Crippen LogP contribution < -0.4 is 0 Å². The molecule has 1 saturated heterocycles. The Balaban J connectivity index is 1.61. The summed E-state index contributed by atoms with van der Waals surface area (Å²) >= 11 is 1.44. The molecule has 5 nitrogen and oxygen atoms in total. The fourth-order valence-electron chi connectivity index (χ4n) is 2.99. The number of hydrogen-bond acceptors (Lipinski definition) is 5. The van der Waals surface area contributed by atoms with E-state index in [2.05, 4.69) is 20.2 Å². The van der Waals surface area contributed by atoms with E-state index < -0.39 is 0 Å². The zero-order valence-corrected chi connectivity index (χ0v) is 13.6. The van der Waals surface area contributed by atoms with E-state index in [-0.39, 0.29) is 5.82 Å². The Labute approximate surface area is 137 Å². The third kappa shape index (κ3) is 3.11. The van der Waals surface area contributed by atoms with E-state index in [0.29, 0.717) is 0 Å². The van der Waals surface area contributed by atoms with E-state index in [0.717, 1.165) is 41.0 Å². The molecule has 2 aromatic heterocycles. The highest BCUT2D eigenvalue weighted by molar-refractivity contribution is 7.19. The third-order valence-electron chi connectivity index (χ3n) is 4.19. The van der Waals surface area contributed by atoms with Gasteiger partial charge in [0.1, 0.15) is 10.8 Å². The molecule has 23 heavy (non-hydrogen) atoms. The molecule has 120 valence electrons. The molecule has 0 unspecified atom stereocenters. The van der Waals surface area contributed by atoms with Crippen molar-refractivity contribution >= 4 is 16.3 Å². The summed E-state index contributed by atoms with van der Waals surface area (Å²) in [5.41, 5.74) is 0.779. The second-order valence-corrected chi connectivity index (χ2v) is 6.87. The quantitative estimate of drug-likeness (QED) is 0.738. The monoisotopic (exact) mass is 331 g/mol. The maximum atomic E-state index is 13.4. The first-order valence-electron chi connectivity index (χ1n) is 7.99. The van der Waals surface area contributed by atoms with Crippen LogP contribution in [0.5, 0.6) is 0 Å². The first-order chi connectivity index (χ1) is 11.3. The van der Waals surface area contributed by atoms with E-state index in [9.17, 15) is 4.39 Å². The van der Waals surface area contributed by atoms with E-state index in [1.54, 1.807) is 10.6 Å². The first kappa shape index (κ1) is 14.7. The lowest BCUT2D eigenvalue weighted by atomic mass is 10.2. The van der Waals surface area contributed by atoms with Gasteiger partial charge in [0.05, 0.1) is 6.54 Å². The number of aromatic nitrogens is 4. The van der Waals surface area contributed by atoms with Crippen LogP contribution in [-0.2, 0) is 6.54 Å². The van der Waals surface area contributed by atoms with Crippen molar-refractivity contribution in [1.82, 2.24) is 24.7 Å².